The second-order valence-electron chi connectivity index (χ2n) is 3.96. The van der Waals surface area contributed by atoms with Crippen molar-refractivity contribution in [3.8, 4) is 5.75 Å². The first-order chi connectivity index (χ1) is 7.63. The first-order valence-electron chi connectivity index (χ1n) is 5.57. The molecule has 0 aliphatic rings. The summed E-state index contributed by atoms with van der Waals surface area (Å²) in [4.78, 5) is 0. The zero-order chi connectivity index (χ0) is 12.0. The lowest BCUT2D eigenvalue weighted by atomic mass is 10.1. The van der Waals surface area contributed by atoms with Gasteiger partial charge in [0, 0.05) is 20.1 Å². The highest BCUT2D eigenvalue weighted by atomic mass is 16.5. The van der Waals surface area contributed by atoms with Gasteiger partial charge in [-0.25, -0.2) is 0 Å². The largest absolute Gasteiger partial charge is 0.491 e. The zero-order valence-corrected chi connectivity index (χ0v) is 10.1. The molecule has 1 aromatic carbocycles. The van der Waals surface area contributed by atoms with Gasteiger partial charge in [0.1, 0.15) is 5.75 Å². The third-order valence-electron chi connectivity index (χ3n) is 2.41. The van der Waals surface area contributed by atoms with Gasteiger partial charge in [0.2, 0.25) is 0 Å². The molecule has 90 valence electrons. The average molecular weight is 224 g/mol. The standard InChI is InChI=1S/C13H20O3/c1-10(7-8-15-3)16-13-6-4-5-12(9-13)11(2)14/h4-6,9-11,14H,7-8H2,1-3H3/t10?,11-/m1/s1. The van der Waals surface area contributed by atoms with Crippen LogP contribution in [0.25, 0.3) is 0 Å². The highest BCUT2D eigenvalue weighted by Gasteiger charge is 2.06. The minimum absolute atomic E-state index is 0.115. The highest BCUT2D eigenvalue weighted by Crippen LogP contribution is 2.20. The fraction of sp³-hybridized carbons (Fsp3) is 0.538. The maximum atomic E-state index is 9.45. The van der Waals surface area contributed by atoms with E-state index in [1.807, 2.05) is 31.2 Å². The van der Waals surface area contributed by atoms with Crippen LogP contribution in [0.1, 0.15) is 31.9 Å². The van der Waals surface area contributed by atoms with Crippen molar-refractivity contribution in [2.45, 2.75) is 32.5 Å². The summed E-state index contributed by atoms with van der Waals surface area (Å²) in [6.45, 7) is 4.44. The van der Waals surface area contributed by atoms with Crippen LogP contribution in [0.3, 0.4) is 0 Å². The molecule has 1 unspecified atom stereocenters. The lowest BCUT2D eigenvalue weighted by Gasteiger charge is -2.15. The lowest BCUT2D eigenvalue weighted by Crippen LogP contribution is -2.14. The van der Waals surface area contributed by atoms with Crippen molar-refractivity contribution in [3.05, 3.63) is 29.8 Å². The fourth-order valence-corrected chi connectivity index (χ4v) is 1.42. The molecule has 1 N–H and O–H groups in total. The molecule has 0 aromatic heterocycles. The Balaban J connectivity index is 2.56. The van der Waals surface area contributed by atoms with E-state index < -0.39 is 6.10 Å². The predicted octanol–water partition coefficient (Wildman–Crippen LogP) is 2.54. The van der Waals surface area contributed by atoms with Gasteiger partial charge >= 0.3 is 0 Å². The molecule has 0 bridgehead atoms. The molecule has 1 rings (SSSR count). The molecule has 1 aromatic rings. The van der Waals surface area contributed by atoms with Gasteiger partial charge in [-0.2, -0.15) is 0 Å². The topological polar surface area (TPSA) is 38.7 Å². The molecule has 2 atom stereocenters. The number of hydrogen-bond donors (Lipinski definition) is 1. The minimum atomic E-state index is -0.460. The van der Waals surface area contributed by atoms with Crippen LogP contribution in [0.2, 0.25) is 0 Å². The molecule has 3 nitrogen and oxygen atoms in total. The number of aliphatic hydroxyl groups excluding tert-OH is 1. The molecule has 16 heavy (non-hydrogen) atoms. The van der Waals surface area contributed by atoms with Crippen molar-refractivity contribution in [1.29, 1.82) is 0 Å². The van der Waals surface area contributed by atoms with Crippen LogP contribution in [0.4, 0.5) is 0 Å². The van der Waals surface area contributed by atoms with Gasteiger partial charge in [0.15, 0.2) is 0 Å². The summed E-state index contributed by atoms with van der Waals surface area (Å²) in [6, 6.07) is 7.54. The second-order valence-corrected chi connectivity index (χ2v) is 3.96. The lowest BCUT2D eigenvalue weighted by molar-refractivity contribution is 0.134. The van der Waals surface area contributed by atoms with Gasteiger partial charge in [-0.1, -0.05) is 12.1 Å². The van der Waals surface area contributed by atoms with Crippen LogP contribution < -0.4 is 4.74 Å². The van der Waals surface area contributed by atoms with E-state index in [2.05, 4.69) is 0 Å². The van der Waals surface area contributed by atoms with Crippen molar-refractivity contribution >= 4 is 0 Å². The summed E-state index contributed by atoms with van der Waals surface area (Å²) in [5.74, 6) is 0.794. The predicted molar refractivity (Wildman–Crippen MR) is 63.7 cm³/mol. The molecular weight excluding hydrogens is 204 g/mol. The van der Waals surface area contributed by atoms with Gasteiger partial charge in [0.25, 0.3) is 0 Å². The maximum absolute atomic E-state index is 9.45. The minimum Gasteiger partial charge on any atom is -0.491 e. The first-order valence-corrected chi connectivity index (χ1v) is 5.57. The number of methoxy groups -OCH3 is 1. The van der Waals surface area contributed by atoms with E-state index in [0.29, 0.717) is 6.61 Å². The first kappa shape index (κ1) is 13.0. The van der Waals surface area contributed by atoms with Crippen molar-refractivity contribution < 1.29 is 14.6 Å². The summed E-state index contributed by atoms with van der Waals surface area (Å²) in [6.07, 6.45) is 0.511. The van der Waals surface area contributed by atoms with Gasteiger partial charge in [-0.05, 0) is 31.5 Å². The normalized spacial score (nSPS) is 14.5. The van der Waals surface area contributed by atoms with E-state index in [9.17, 15) is 5.11 Å². The van der Waals surface area contributed by atoms with Crippen LogP contribution in [-0.2, 0) is 4.74 Å². The molecule has 0 amide bonds. The van der Waals surface area contributed by atoms with E-state index in [-0.39, 0.29) is 6.10 Å². The maximum Gasteiger partial charge on any atom is 0.120 e. The van der Waals surface area contributed by atoms with Gasteiger partial charge in [0.05, 0.1) is 12.2 Å². The third-order valence-corrected chi connectivity index (χ3v) is 2.41. The number of hydrogen-bond acceptors (Lipinski definition) is 3. The third kappa shape index (κ3) is 4.21. The Morgan fingerprint density at radius 2 is 2.06 bits per heavy atom. The van der Waals surface area contributed by atoms with Gasteiger partial charge in [-0.3, -0.25) is 0 Å². The molecular formula is C13H20O3. The summed E-state index contributed by atoms with van der Waals surface area (Å²) in [5.41, 5.74) is 0.872. The molecule has 0 radical (unpaired) electrons. The number of benzene rings is 1. The Bertz CT molecular complexity index is 310. The van der Waals surface area contributed by atoms with E-state index in [1.165, 1.54) is 0 Å². The molecule has 0 saturated heterocycles. The van der Waals surface area contributed by atoms with Crippen molar-refractivity contribution in [2.24, 2.45) is 0 Å². The molecule has 3 heteroatoms. The highest BCUT2D eigenvalue weighted by molar-refractivity contribution is 5.29. The molecule has 0 aliphatic heterocycles. The monoisotopic (exact) mass is 224 g/mol. The molecule has 0 heterocycles. The molecule has 0 aliphatic carbocycles. The SMILES string of the molecule is COCCC(C)Oc1cccc([C@@H](C)O)c1. The average Bonchev–Trinajstić information content (AvgIpc) is 2.26. The quantitative estimate of drug-likeness (QED) is 0.807. The number of rotatable bonds is 6. The second kappa shape index (κ2) is 6.51. The Labute approximate surface area is 97.0 Å². The number of aliphatic hydroxyl groups is 1. The van der Waals surface area contributed by atoms with E-state index in [1.54, 1.807) is 14.0 Å². The fourth-order valence-electron chi connectivity index (χ4n) is 1.42. The van der Waals surface area contributed by atoms with Crippen LogP contribution in [-0.4, -0.2) is 24.9 Å². The summed E-state index contributed by atoms with van der Waals surface area (Å²) < 4.78 is 10.7. The van der Waals surface area contributed by atoms with Gasteiger partial charge < -0.3 is 14.6 Å². The van der Waals surface area contributed by atoms with E-state index >= 15 is 0 Å². The van der Waals surface area contributed by atoms with Crippen LogP contribution in [0.5, 0.6) is 5.75 Å². The van der Waals surface area contributed by atoms with Crippen molar-refractivity contribution in [3.63, 3.8) is 0 Å². The Hall–Kier alpha value is -1.06. The Morgan fingerprint density at radius 1 is 1.31 bits per heavy atom. The van der Waals surface area contributed by atoms with Gasteiger partial charge in [-0.15, -0.1) is 0 Å². The smallest absolute Gasteiger partial charge is 0.120 e. The molecule has 0 fully saturated rings. The van der Waals surface area contributed by atoms with Crippen LogP contribution in [0.15, 0.2) is 24.3 Å². The van der Waals surface area contributed by atoms with E-state index in [0.717, 1.165) is 17.7 Å². The summed E-state index contributed by atoms with van der Waals surface area (Å²) in [7, 11) is 1.68. The number of ether oxygens (including phenoxy) is 2. The Kier molecular flexibility index (Phi) is 5.29. The van der Waals surface area contributed by atoms with Crippen LogP contribution >= 0.6 is 0 Å². The van der Waals surface area contributed by atoms with Crippen molar-refractivity contribution in [1.82, 2.24) is 0 Å². The summed E-state index contributed by atoms with van der Waals surface area (Å²) in [5, 5.41) is 9.45. The van der Waals surface area contributed by atoms with E-state index in [4.69, 9.17) is 9.47 Å². The Morgan fingerprint density at radius 3 is 2.69 bits per heavy atom. The summed E-state index contributed by atoms with van der Waals surface area (Å²) >= 11 is 0. The van der Waals surface area contributed by atoms with Crippen molar-refractivity contribution in [2.75, 3.05) is 13.7 Å². The van der Waals surface area contributed by atoms with Crippen LogP contribution in [0, 0.1) is 0 Å². The molecule has 0 saturated carbocycles. The molecule has 0 spiro atoms. The zero-order valence-electron chi connectivity index (χ0n) is 10.1.